The second-order valence-corrected chi connectivity index (χ2v) is 6.99. The molecule has 0 aliphatic rings. The van der Waals surface area contributed by atoms with E-state index in [1.54, 1.807) is 13.1 Å². The van der Waals surface area contributed by atoms with E-state index in [0.29, 0.717) is 31.0 Å². The lowest BCUT2D eigenvalue weighted by molar-refractivity contribution is -0.114. The minimum Gasteiger partial charge on any atom is -0.356 e. The number of halogens is 2. The lowest BCUT2D eigenvalue weighted by Crippen LogP contribution is -2.37. The van der Waals surface area contributed by atoms with Crippen LogP contribution in [0.2, 0.25) is 0 Å². The van der Waals surface area contributed by atoms with Gasteiger partial charge in [0, 0.05) is 37.2 Å². The van der Waals surface area contributed by atoms with Gasteiger partial charge in [-0.1, -0.05) is 34.1 Å². The van der Waals surface area contributed by atoms with E-state index in [1.807, 2.05) is 30.3 Å². The first-order chi connectivity index (χ1) is 13.0. The van der Waals surface area contributed by atoms with E-state index >= 15 is 0 Å². The highest BCUT2D eigenvalue weighted by Gasteiger charge is 2.04. The Hall–Kier alpha value is -2.41. The first kappa shape index (κ1) is 20.9. The number of nitrogens with one attached hydrogen (secondary N) is 3. The summed E-state index contributed by atoms with van der Waals surface area (Å²) in [5, 5.41) is 9.22. The SMILES string of the molecule is CN=C(NCCCc1ccc(Br)cc1F)NCc1cccc(NC(C)=O)c1. The number of carbonyl (C=O) groups excluding carboxylic acids is 1. The number of rotatable bonds is 7. The van der Waals surface area contributed by atoms with Crippen LogP contribution in [0.5, 0.6) is 0 Å². The standard InChI is InChI=1S/C20H24BrFN4O/c1-14(27)26-18-7-3-5-15(11-18)13-25-20(23-2)24-10-4-6-16-8-9-17(21)12-19(16)22/h3,5,7-9,11-12H,4,6,10,13H2,1-2H3,(H,26,27)(H2,23,24,25). The van der Waals surface area contributed by atoms with Crippen LogP contribution >= 0.6 is 15.9 Å². The van der Waals surface area contributed by atoms with Crippen LogP contribution in [0.3, 0.4) is 0 Å². The van der Waals surface area contributed by atoms with Gasteiger partial charge >= 0.3 is 0 Å². The molecule has 2 rings (SSSR count). The van der Waals surface area contributed by atoms with E-state index in [1.165, 1.54) is 13.0 Å². The molecule has 2 aromatic carbocycles. The lowest BCUT2D eigenvalue weighted by Gasteiger charge is -2.13. The van der Waals surface area contributed by atoms with Crippen molar-refractivity contribution in [2.75, 3.05) is 18.9 Å². The Bertz CT molecular complexity index is 810. The predicted molar refractivity (Wildman–Crippen MR) is 111 cm³/mol. The average molecular weight is 435 g/mol. The normalized spacial score (nSPS) is 11.2. The van der Waals surface area contributed by atoms with Crippen molar-refractivity contribution in [1.82, 2.24) is 10.6 Å². The number of hydrogen-bond acceptors (Lipinski definition) is 2. The molecule has 0 fully saturated rings. The summed E-state index contributed by atoms with van der Waals surface area (Å²) in [6, 6.07) is 12.8. The molecule has 0 saturated carbocycles. The topological polar surface area (TPSA) is 65.5 Å². The Labute approximate surface area is 167 Å². The van der Waals surface area contributed by atoms with Gasteiger partial charge in [0.1, 0.15) is 5.82 Å². The van der Waals surface area contributed by atoms with E-state index in [4.69, 9.17) is 0 Å². The van der Waals surface area contributed by atoms with Crippen LogP contribution in [-0.2, 0) is 17.8 Å². The molecule has 0 aliphatic carbocycles. The zero-order valence-electron chi connectivity index (χ0n) is 15.5. The molecule has 27 heavy (non-hydrogen) atoms. The summed E-state index contributed by atoms with van der Waals surface area (Å²) in [6.45, 7) is 2.74. The number of anilines is 1. The van der Waals surface area contributed by atoms with Gasteiger partial charge < -0.3 is 16.0 Å². The predicted octanol–water partition coefficient (Wildman–Crippen LogP) is 3.84. The molecule has 1 amide bonds. The largest absolute Gasteiger partial charge is 0.356 e. The van der Waals surface area contributed by atoms with Crippen molar-refractivity contribution in [3.8, 4) is 0 Å². The zero-order chi connectivity index (χ0) is 19.6. The smallest absolute Gasteiger partial charge is 0.221 e. The summed E-state index contributed by atoms with van der Waals surface area (Å²) >= 11 is 3.26. The number of aryl methyl sites for hydroxylation is 1. The molecule has 3 N–H and O–H groups in total. The maximum absolute atomic E-state index is 13.8. The molecule has 144 valence electrons. The van der Waals surface area contributed by atoms with Crippen LogP contribution in [0, 0.1) is 5.82 Å². The van der Waals surface area contributed by atoms with Crippen LogP contribution < -0.4 is 16.0 Å². The molecule has 0 saturated heterocycles. The first-order valence-electron chi connectivity index (χ1n) is 8.73. The van der Waals surface area contributed by atoms with Gasteiger partial charge in [0.05, 0.1) is 0 Å². The molecular weight excluding hydrogens is 411 g/mol. The highest BCUT2D eigenvalue weighted by Crippen LogP contribution is 2.16. The number of carbonyl (C=O) groups is 1. The van der Waals surface area contributed by atoms with Crippen molar-refractivity contribution >= 4 is 33.5 Å². The molecule has 7 heteroatoms. The summed E-state index contributed by atoms with van der Waals surface area (Å²) in [5.41, 5.74) is 2.50. The minimum atomic E-state index is -0.189. The number of amides is 1. The number of benzene rings is 2. The Morgan fingerprint density at radius 1 is 1.19 bits per heavy atom. The van der Waals surface area contributed by atoms with E-state index in [0.717, 1.165) is 22.1 Å². The zero-order valence-corrected chi connectivity index (χ0v) is 17.1. The molecule has 0 aromatic heterocycles. The molecule has 0 radical (unpaired) electrons. The Morgan fingerprint density at radius 3 is 2.70 bits per heavy atom. The molecule has 0 atom stereocenters. The number of hydrogen-bond donors (Lipinski definition) is 3. The third kappa shape index (κ3) is 7.38. The molecule has 0 spiro atoms. The van der Waals surface area contributed by atoms with Gasteiger partial charge in [-0.15, -0.1) is 0 Å². The average Bonchev–Trinajstić information content (AvgIpc) is 2.62. The van der Waals surface area contributed by atoms with Gasteiger partial charge in [0.2, 0.25) is 5.91 Å². The second kappa shape index (κ2) is 10.7. The molecule has 0 bridgehead atoms. The van der Waals surface area contributed by atoms with Crippen LogP contribution in [0.4, 0.5) is 10.1 Å². The molecule has 2 aromatic rings. The number of aliphatic imine (C=N–C) groups is 1. The lowest BCUT2D eigenvalue weighted by atomic mass is 10.1. The van der Waals surface area contributed by atoms with Crippen molar-refractivity contribution < 1.29 is 9.18 Å². The minimum absolute atomic E-state index is 0.0974. The van der Waals surface area contributed by atoms with Gasteiger partial charge in [-0.3, -0.25) is 9.79 Å². The van der Waals surface area contributed by atoms with Crippen LogP contribution in [-0.4, -0.2) is 25.5 Å². The van der Waals surface area contributed by atoms with Crippen molar-refractivity contribution in [3.05, 3.63) is 63.9 Å². The summed E-state index contributed by atoms with van der Waals surface area (Å²) in [7, 11) is 1.71. The van der Waals surface area contributed by atoms with Crippen molar-refractivity contribution in [2.45, 2.75) is 26.3 Å². The fourth-order valence-electron chi connectivity index (χ4n) is 2.58. The molecule has 5 nitrogen and oxygen atoms in total. The molecule has 0 unspecified atom stereocenters. The van der Waals surface area contributed by atoms with E-state index in [9.17, 15) is 9.18 Å². The third-order valence-electron chi connectivity index (χ3n) is 3.86. The van der Waals surface area contributed by atoms with E-state index in [-0.39, 0.29) is 11.7 Å². The summed E-state index contributed by atoms with van der Waals surface area (Å²) in [6.07, 6.45) is 1.44. The van der Waals surface area contributed by atoms with Gasteiger partial charge in [0.15, 0.2) is 5.96 Å². The third-order valence-corrected chi connectivity index (χ3v) is 4.35. The fraction of sp³-hybridized carbons (Fsp3) is 0.300. The van der Waals surface area contributed by atoms with Crippen LogP contribution in [0.25, 0.3) is 0 Å². The van der Waals surface area contributed by atoms with Crippen LogP contribution in [0.15, 0.2) is 51.9 Å². The van der Waals surface area contributed by atoms with Gasteiger partial charge in [-0.2, -0.15) is 0 Å². The number of nitrogens with zero attached hydrogens (tertiary/aromatic N) is 1. The monoisotopic (exact) mass is 434 g/mol. The van der Waals surface area contributed by atoms with Crippen molar-refractivity contribution in [1.29, 1.82) is 0 Å². The van der Waals surface area contributed by atoms with E-state index in [2.05, 4.69) is 36.9 Å². The molecule has 0 aliphatic heterocycles. The summed E-state index contributed by atoms with van der Waals surface area (Å²) in [5.74, 6) is 0.391. The van der Waals surface area contributed by atoms with Gasteiger partial charge in [-0.25, -0.2) is 4.39 Å². The van der Waals surface area contributed by atoms with Gasteiger partial charge in [0.25, 0.3) is 0 Å². The first-order valence-corrected chi connectivity index (χ1v) is 9.52. The Balaban J connectivity index is 1.76. The maximum atomic E-state index is 13.8. The molecular formula is C20H24BrFN4O. The Morgan fingerprint density at radius 2 is 2.00 bits per heavy atom. The van der Waals surface area contributed by atoms with E-state index < -0.39 is 0 Å². The molecule has 0 heterocycles. The highest BCUT2D eigenvalue weighted by atomic mass is 79.9. The number of guanidine groups is 1. The maximum Gasteiger partial charge on any atom is 0.221 e. The van der Waals surface area contributed by atoms with Crippen LogP contribution in [0.1, 0.15) is 24.5 Å². The van der Waals surface area contributed by atoms with Gasteiger partial charge in [-0.05, 0) is 48.2 Å². The quantitative estimate of drug-likeness (QED) is 0.352. The fourth-order valence-corrected chi connectivity index (χ4v) is 2.91. The highest BCUT2D eigenvalue weighted by molar-refractivity contribution is 9.10. The summed E-state index contributed by atoms with van der Waals surface area (Å²) < 4.78 is 14.6. The Kier molecular flexibility index (Phi) is 8.26. The van der Waals surface area contributed by atoms with Crippen molar-refractivity contribution in [3.63, 3.8) is 0 Å². The van der Waals surface area contributed by atoms with Crippen molar-refractivity contribution in [2.24, 2.45) is 4.99 Å². The second-order valence-electron chi connectivity index (χ2n) is 6.07. The summed E-state index contributed by atoms with van der Waals surface area (Å²) in [4.78, 5) is 15.3.